The number of anilines is 1. The van der Waals surface area contributed by atoms with Crippen LogP contribution in [0.4, 0.5) is 5.69 Å². The Morgan fingerprint density at radius 1 is 1.17 bits per heavy atom. The lowest BCUT2D eigenvalue weighted by atomic mass is 9.86. The average molecular weight is 376 g/mol. The highest BCUT2D eigenvalue weighted by Gasteiger charge is 2.19. The molecule has 0 radical (unpaired) electrons. The largest absolute Gasteiger partial charge is 0.483 e. The van der Waals surface area contributed by atoms with E-state index in [0.29, 0.717) is 0 Å². The molecule has 0 aliphatic heterocycles. The minimum atomic E-state index is -0.182. The van der Waals surface area contributed by atoms with Crippen LogP contribution in [0.3, 0.4) is 0 Å². The number of rotatable bonds is 4. The lowest BCUT2D eigenvalue weighted by Gasteiger charge is -2.22. The zero-order valence-electron chi connectivity index (χ0n) is 13.9. The fraction of sp³-hybridized carbons (Fsp3) is 0.316. The number of nitrogens with one attached hydrogen (secondary N) is 1. The molecule has 4 heteroatoms. The molecule has 0 aromatic heterocycles. The molecule has 0 spiro atoms. The summed E-state index contributed by atoms with van der Waals surface area (Å²) >= 11 is 3.45. The highest BCUT2D eigenvalue weighted by molar-refractivity contribution is 9.10. The van der Waals surface area contributed by atoms with E-state index in [4.69, 9.17) is 4.74 Å². The van der Waals surface area contributed by atoms with Crippen LogP contribution in [0.15, 0.2) is 46.9 Å². The van der Waals surface area contributed by atoms with Crippen LogP contribution < -0.4 is 10.1 Å². The van der Waals surface area contributed by atoms with Gasteiger partial charge in [0, 0.05) is 4.47 Å². The van der Waals surface area contributed by atoms with E-state index in [-0.39, 0.29) is 17.9 Å². The summed E-state index contributed by atoms with van der Waals surface area (Å²) in [5.41, 5.74) is 2.93. The summed E-state index contributed by atoms with van der Waals surface area (Å²) in [4.78, 5) is 12.1. The Morgan fingerprint density at radius 2 is 1.87 bits per heavy atom. The van der Waals surface area contributed by atoms with Crippen molar-refractivity contribution in [3.05, 3.63) is 58.1 Å². The molecule has 0 heterocycles. The smallest absolute Gasteiger partial charge is 0.262 e. The van der Waals surface area contributed by atoms with Crippen LogP contribution >= 0.6 is 15.9 Å². The molecule has 122 valence electrons. The van der Waals surface area contributed by atoms with E-state index >= 15 is 0 Å². The average Bonchev–Trinajstić information content (AvgIpc) is 2.47. The van der Waals surface area contributed by atoms with Crippen molar-refractivity contribution in [3.63, 3.8) is 0 Å². The predicted octanol–water partition coefficient (Wildman–Crippen LogP) is 5.07. The van der Waals surface area contributed by atoms with E-state index in [2.05, 4.69) is 42.0 Å². The number of ether oxygens (including phenoxy) is 1. The minimum Gasteiger partial charge on any atom is -0.483 e. The van der Waals surface area contributed by atoms with Crippen molar-refractivity contribution < 1.29 is 9.53 Å². The SMILES string of the molecule is Cc1ccc(NC(=O)COc2ccccc2C(C)(C)C)c(Br)c1. The van der Waals surface area contributed by atoms with Gasteiger partial charge in [-0.15, -0.1) is 0 Å². The second-order valence-electron chi connectivity index (χ2n) is 6.57. The van der Waals surface area contributed by atoms with Crippen molar-refractivity contribution >= 4 is 27.5 Å². The summed E-state index contributed by atoms with van der Waals surface area (Å²) in [6.07, 6.45) is 0. The Bertz CT molecular complexity index is 705. The van der Waals surface area contributed by atoms with E-state index in [1.54, 1.807) is 0 Å². The van der Waals surface area contributed by atoms with Crippen LogP contribution in [0.5, 0.6) is 5.75 Å². The summed E-state index contributed by atoms with van der Waals surface area (Å²) in [5.74, 6) is 0.566. The van der Waals surface area contributed by atoms with Crippen molar-refractivity contribution in [2.24, 2.45) is 0 Å². The van der Waals surface area contributed by atoms with Crippen LogP contribution in [0.1, 0.15) is 31.9 Å². The van der Waals surface area contributed by atoms with E-state index in [0.717, 1.165) is 27.0 Å². The van der Waals surface area contributed by atoms with Gasteiger partial charge in [0.25, 0.3) is 5.91 Å². The van der Waals surface area contributed by atoms with E-state index in [9.17, 15) is 4.79 Å². The van der Waals surface area contributed by atoms with Crippen molar-refractivity contribution in [2.45, 2.75) is 33.1 Å². The number of hydrogen-bond donors (Lipinski definition) is 1. The zero-order valence-corrected chi connectivity index (χ0v) is 15.5. The maximum atomic E-state index is 12.1. The first-order valence-corrected chi connectivity index (χ1v) is 8.35. The van der Waals surface area contributed by atoms with Gasteiger partial charge < -0.3 is 10.1 Å². The Hall–Kier alpha value is -1.81. The number of hydrogen-bond acceptors (Lipinski definition) is 2. The number of carbonyl (C=O) groups is 1. The fourth-order valence-corrected chi connectivity index (χ4v) is 2.86. The molecule has 3 nitrogen and oxygen atoms in total. The van der Waals surface area contributed by atoms with Crippen molar-refractivity contribution in [2.75, 3.05) is 11.9 Å². The van der Waals surface area contributed by atoms with Gasteiger partial charge in [-0.05, 0) is 57.6 Å². The Morgan fingerprint density at radius 3 is 2.52 bits per heavy atom. The molecule has 0 atom stereocenters. The molecule has 1 N–H and O–H groups in total. The number of amides is 1. The van der Waals surface area contributed by atoms with Crippen LogP contribution in [-0.2, 0) is 10.2 Å². The summed E-state index contributed by atoms with van der Waals surface area (Å²) < 4.78 is 6.60. The molecule has 2 aromatic rings. The Balaban J connectivity index is 2.03. The highest BCUT2D eigenvalue weighted by Crippen LogP contribution is 2.31. The van der Waals surface area contributed by atoms with Gasteiger partial charge in [-0.25, -0.2) is 0 Å². The van der Waals surface area contributed by atoms with Crippen molar-refractivity contribution in [3.8, 4) is 5.75 Å². The molecule has 0 saturated heterocycles. The molecular formula is C19H22BrNO2. The van der Waals surface area contributed by atoms with Gasteiger partial charge in [0.15, 0.2) is 6.61 Å². The van der Waals surface area contributed by atoms with Crippen LogP contribution in [0.25, 0.3) is 0 Å². The maximum absolute atomic E-state index is 12.1. The molecule has 23 heavy (non-hydrogen) atoms. The van der Waals surface area contributed by atoms with E-state index in [1.165, 1.54) is 0 Å². The minimum absolute atomic E-state index is 0.0204. The van der Waals surface area contributed by atoms with Gasteiger partial charge in [0.1, 0.15) is 5.75 Å². The third-order valence-corrected chi connectivity index (χ3v) is 4.11. The first-order chi connectivity index (χ1) is 10.8. The van der Waals surface area contributed by atoms with Crippen LogP contribution in [0, 0.1) is 6.92 Å². The topological polar surface area (TPSA) is 38.3 Å². The number of halogens is 1. The molecule has 1 amide bonds. The van der Waals surface area contributed by atoms with Gasteiger partial charge in [-0.3, -0.25) is 4.79 Å². The molecule has 0 unspecified atom stereocenters. The second-order valence-corrected chi connectivity index (χ2v) is 7.42. The lowest BCUT2D eigenvalue weighted by Crippen LogP contribution is -2.22. The number of para-hydroxylation sites is 1. The van der Waals surface area contributed by atoms with Gasteiger partial charge >= 0.3 is 0 Å². The predicted molar refractivity (Wildman–Crippen MR) is 98.1 cm³/mol. The van der Waals surface area contributed by atoms with Crippen LogP contribution in [-0.4, -0.2) is 12.5 Å². The third kappa shape index (κ3) is 4.83. The standard InChI is InChI=1S/C19H22BrNO2/c1-13-9-10-16(15(20)11-13)21-18(22)12-23-17-8-6-5-7-14(17)19(2,3)4/h5-11H,12H2,1-4H3,(H,21,22). The first kappa shape index (κ1) is 17.5. The molecule has 0 fully saturated rings. The van der Waals surface area contributed by atoms with Crippen LogP contribution in [0.2, 0.25) is 0 Å². The first-order valence-electron chi connectivity index (χ1n) is 7.55. The zero-order chi connectivity index (χ0) is 17.0. The Labute approximate surface area is 146 Å². The van der Waals surface area contributed by atoms with Gasteiger partial charge in [0.05, 0.1) is 5.69 Å². The molecule has 0 saturated carbocycles. The quantitative estimate of drug-likeness (QED) is 0.809. The molecular weight excluding hydrogens is 354 g/mol. The fourth-order valence-electron chi connectivity index (χ4n) is 2.26. The molecule has 0 aliphatic carbocycles. The molecule has 0 bridgehead atoms. The number of carbonyl (C=O) groups excluding carboxylic acids is 1. The Kier molecular flexibility index (Phi) is 5.47. The second kappa shape index (κ2) is 7.18. The van der Waals surface area contributed by atoms with E-state index < -0.39 is 0 Å². The number of aryl methyl sites for hydroxylation is 1. The lowest BCUT2D eigenvalue weighted by molar-refractivity contribution is -0.118. The normalized spacial score (nSPS) is 11.2. The summed E-state index contributed by atoms with van der Waals surface area (Å²) in [7, 11) is 0. The monoisotopic (exact) mass is 375 g/mol. The summed E-state index contributed by atoms with van der Waals surface area (Å²) in [6, 6.07) is 13.6. The summed E-state index contributed by atoms with van der Waals surface area (Å²) in [5, 5.41) is 2.86. The molecule has 2 rings (SSSR count). The van der Waals surface area contributed by atoms with Crippen molar-refractivity contribution in [1.82, 2.24) is 0 Å². The highest BCUT2D eigenvalue weighted by atomic mass is 79.9. The van der Waals surface area contributed by atoms with Gasteiger partial charge in [0.2, 0.25) is 0 Å². The van der Waals surface area contributed by atoms with E-state index in [1.807, 2.05) is 49.4 Å². The maximum Gasteiger partial charge on any atom is 0.262 e. The van der Waals surface area contributed by atoms with Crippen molar-refractivity contribution in [1.29, 1.82) is 0 Å². The molecule has 2 aromatic carbocycles. The number of benzene rings is 2. The van der Waals surface area contributed by atoms with Gasteiger partial charge in [-0.1, -0.05) is 45.0 Å². The summed E-state index contributed by atoms with van der Waals surface area (Å²) in [6.45, 7) is 8.35. The van der Waals surface area contributed by atoms with Gasteiger partial charge in [-0.2, -0.15) is 0 Å². The molecule has 0 aliphatic rings. The third-order valence-electron chi connectivity index (χ3n) is 3.45.